The highest BCUT2D eigenvalue weighted by Crippen LogP contribution is 2.33. The lowest BCUT2D eigenvalue weighted by Gasteiger charge is -2.40. The summed E-state index contributed by atoms with van der Waals surface area (Å²) in [6, 6.07) is 6.15. The van der Waals surface area contributed by atoms with Crippen LogP contribution in [-0.4, -0.2) is 50.5 Å². The standard InChI is InChI=1S/C16H24N2O5S/c1-11(15(19)22-5)18(4)24(20,21)17-14-10-12-8-6-7-9-13(12)23-16(14,2)3/h6-9,11,14,17H,10H2,1-5H3. The van der Waals surface area contributed by atoms with Gasteiger partial charge in [-0.2, -0.15) is 17.4 Å². The molecule has 0 radical (unpaired) electrons. The van der Waals surface area contributed by atoms with Crippen molar-refractivity contribution in [3.63, 3.8) is 0 Å². The summed E-state index contributed by atoms with van der Waals surface area (Å²) < 4.78 is 39.4. The minimum Gasteiger partial charge on any atom is -0.486 e. The summed E-state index contributed by atoms with van der Waals surface area (Å²) in [6.07, 6.45) is 0.503. The number of hydrogen-bond acceptors (Lipinski definition) is 5. The first kappa shape index (κ1) is 18.7. The van der Waals surface area contributed by atoms with Gasteiger partial charge in [-0.1, -0.05) is 18.2 Å². The highest BCUT2D eigenvalue weighted by Gasteiger charge is 2.41. The van der Waals surface area contributed by atoms with E-state index >= 15 is 0 Å². The molecule has 1 N–H and O–H groups in total. The van der Waals surface area contributed by atoms with E-state index in [-0.39, 0.29) is 0 Å². The van der Waals surface area contributed by atoms with Gasteiger partial charge in [0.1, 0.15) is 17.4 Å². The van der Waals surface area contributed by atoms with E-state index in [0.717, 1.165) is 15.6 Å². The molecular formula is C16H24N2O5S. The monoisotopic (exact) mass is 356 g/mol. The van der Waals surface area contributed by atoms with E-state index in [4.69, 9.17) is 4.74 Å². The zero-order chi connectivity index (χ0) is 18.1. The second kappa shape index (κ2) is 6.70. The van der Waals surface area contributed by atoms with Crippen molar-refractivity contribution >= 4 is 16.2 Å². The second-order valence-corrected chi connectivity index (χ2v) is 8.17. The first-order chi connectivity index (χ1) is 11.1. The summed E-state index contributed by atoms with van der Waals surface area (Å²) in [4.78, 5) is 11.6. The Kier molecular flexibility index (Phi) is 5.22. The molecule has 0 aromatic heterocycles. The molecule has 1 aliphatic rings. The number of benzene rings is 1. The lowest BCUT2D eigenvalue weighted by Crippen LogP contribution is -2.59. The molecule has 0 aliphatic carbocycles. The maximum Gasteiger partial charge on any atom is 0.323 e. The maximum atomic E-state index is 12.6. The average molecular weight is 356 g/mol. The number of ether oxygens (including phenoxy) is 2. The Morgan fingerprint density at radius 3 is 2.67 bits per heavy atom. The van der Waals surface area contributed by atoms with Crippen LogP contribution < -0.4 is 9.46 Å². The molecule has 0 amide bonds. The number of fused-ring (bicyclic) bond motifs is 1. The molecule has 1 aromatic carbocycles. The van der Waals surface area contributed by atoms with Crippen LogP contribution in [0.1, 0.15) is 26.3 Å². The van der Waals surface area contributed by atoms with Crippen molar-refractivity contribution in [2.24, 2.45) is 0 Å². The third kappa shape index (κ3) is 3.71. The Labute approximate surface area is 143 Å². The summed E-state index contributed by atoms with van der Waals surface area (Å²) in [6.45, 7) is 5.14. The fraction of sp³-hybridized carbons (Fsp3) is 0.562. The van der Waals surface area contributed by atoms with E-state index in [0.29, 0.717) is 6.42 Å². The summed E-state index contributed by atoms with van der Waals surface area (Å²) >= 11 is 0. The first-order valence-corrected chi connectivity index (χ1v) is 9.12. The maximum absolute atomic E-state index is 12.6. The number of carbonyl (C=O) groups excluding carboxylic acids is 1. The van der Waals surface area contributed by atoms with Crippen molar-refractivity contribution in [2.45, 2.75) is 44.9 Å². The van der Waals surface area contributed by atoms with Crippen LogP contribution in [0, 0.1) is 0 Å². The number of hydrogen-bond donors (Lipinski definition) is 1. The predicted molar refractivity (Wildman–Crippen MR) is 89.9 cm³/mol. The Morgan fingerprint density at radius 1 is 1.42 bits per heavy atom. The third-order valence-electron chi connectivity index (χ3n) is 4.37. The van der Waals surface area contributed by atoms with Gasteiger partial charge in [-0.3, -0.25) is 4.79 Å². The summed E-state index contributed by atoms with van der Waals surface area (Å²) in [5.41, 5.74) is 0.213. The van der Waals surface area contributed by atoms with Crippen LogP contribution in [0.5, 0.6) is 5.75 Å². The Hall–Kier alpha value is -1.64. The van der Waals surface area contributed by atoms with Crippen molar-refractivity contribution in [3.8, 4) is 5.75 Å². The smallest absolute Gasteiger partial charge is 0.323 e. The fourth-order valence-corrected chi connectivity index (χ4v) is 3.96. The van der Waals surface area contributed by atoms with Crippen LogP contribution in [0.4, 0.5) is 0 Å². The molecule has 0 saturated heterocycles. The van der Waals surface area contributed by atoms with Gasteiger partial charge in [0, 0.05) is 7.05 Å². The molecule has 1 aliphatic heterocycles. The highest BCUT2D eigenvalue weighted by atomic mass is 32.2. The van der Waals surface area contributed by atoms with Crippen LogP contribution in [0.25, 0.3) is 0 Å². The Morgan fingerprint density at radius 2 is 2.04 bits per heavy atom. The molecule has 0 fully saturated rings. The van der Waals surface area contributed by atoms with E-state index in [1.165, 1.54) is 21.1 Å². The molecule has 0 saturated carbocycles. The Bertz CT molecular complexity index is 717. The number of esters is 1. The minimum absolute atomic E-state index is 0.468. The highest BCUT2D eigenvalue weighted by molar-refractivity contribution is 7.87. The van der Waals surface area contributed by atoms with Gasteiger partial charge >= 0.3 is 5.97 Å². The van der Waals surface area contributed by atoms with Gasteiger partial charge in [0.15, 0.2) is 0 Å². The van der Waals surface area contributed by atoms with Crippen LogP contribution >= 0.6 is 0 Å². The van der Waals surface area contributed by atoms with Crippen molar-refractivity contribution in [1.82, 2.24) is 9.03 Å². The zero-order valence-corrected chi connectivity index (χ0v) is 15.4. The third-order valence-corrected chi connectivity index (χ3v) is 6.02. The quantitative estimate of drug-likeness (QED) is 0.799. The first-order valence-electron chi connectivity index (χ1n) is 7.68. The van der Waals surface area contributed by atoms with E-state index in [9.17, 15) is 13.2 Å². The fourth-order valence-electron chi connectivity index (χ4n) is 2.57. The Balaban J connectivity index is 2.21. The number of nitrogens with one attached hydrogen (secondary N) is 1. The number of methoxy groups -OCH3 is 1. The van der Waals surface area contributed by atoms with Gasteiger partial charge in [-0.25, -0.2) is 0 Å². The molecule has 0 spiro atoms. The van der Waals surface area contributed by atoms with E-state index < -0.39 is 33.9 Å². The molecule has 134 valence electrons. The summed E-state index contributed by atoms with van der Waals surface area (Å²) in [5, 5.41) is 0. The van der Waals surface area contributed by atoms with Gasteiger partial charge in [0.05, 0.1) is 13.2 Å². The van der Waals surface area contributed by atoms with E-state index in [1.54, 1.807) is 0 Å². The molecular weight excluding hydrogens is 332 g/mol. The largest absolute Gasteiger partial charge is 0.486 e. The summed E-state index contributed by atoms with van der Waals surface area (Å²) in [7, 11) is -1.32. The van der Waals surface area contributed by atoms with Gasteiger partial charge in [-0.15, -0.1) is 0 Å². The number of nitrogens with zero attached hydrogens (tertiary/aromatic N) is 1. The minimum atomic E-state index is -3.89. The predicted octanol–water partition coefficient (Wildman–Crippen LogP) is 1.10. The molecule has 2 rings (SSSR count). The van der Waals surface area contributed by atoms with Crippen LogP contribution in [0.3, 0.4) is 0 Å². The van der Waals surface area contributed by atoms with Crippen LogP contribution in [-0.2, 0) is 26.2 Å². The molecule has 24 heavy (non-hydrogen) atoms. The average Bonchev–Trinajstić information content (AvgIpc) is 2.52. The number of rotatable bonds is 5. The van der Waals surface area contributed by atoms with Crippen LogP contribution in [0.2, 0.25) is 0 Å². The van der Waals surface area contributed by atoms with Gasteiger partial charge in [0.25, 0.3) is 10.2 Å². The van der Waals surface area contributed by atoms with Gasteiger partial charge in [0.2, 0.25) is 0 Å². The van der Waals surface area contributed by atoms with Gasteiger partial charge < -0.3 is 9.47 Å². The van der Waals surface area contributed by atoms with Crippen molar-refractivity contribution in [3.05, 3.63) is 29.8 Å². The normalized spacial score (nSPS) is 20.8. The molecule has 0 bridgehead atoms. The topological polar surface area (TPSA) is 84.9 Å². The molecule has 2 unspecified atom stereocenters. The molecule has 7 nitrogen and oxygen atoms in total. The van der Waals surface area contributed by atoms with Crippen molar-refractivity contribution in [2.75, 3.05) is 14.2 Å². The molecule has 1 aromatic rings. The van der Waals surface area contributed by atoms with Crippen molar-refractivity contribution < 1.29 is 22.7 Å². The number of likely N-dealkylation sites (N-methyl/N-ethyl adjacent to an activating group) is 1. The SMILES string of the molecule is COC(=O)C(C)N(C)S(=O)(=O)NC1Cc2ccccc2OC1(C)C. The van der Waals surface area contributed by atoms with Crippen LogP contribution in [0.15, 0.2) is 24.3 Å². The lowest BCUT2D eigenvalue weighted by molar-refractivity contribution is -0.144. The molecule has 1 heterocycles. The molecule has 2 atom stereocenters. The van der Waals surface area contributed by atoms with E-state index in [1.807, 2.05) is 38.1 Å². The lowest BCUT2D eigenvalue weighted by atomic mass is 9.89. The number of para-hydroxylation sites is 1. The summed E-state index contributed by atoms with van der Waals surface area (Å²) in [5.74, 6) is 0.140. The second-order valence-electron chi connectivity index (χ2n) is 6.41. The molecule has 8 heteroatoms. The van der Waals surface area contributed by atoms with Crippen molar-refractivity contribution in [1.29, 1.82) is 0 Å². The number of carbonyl (C=O) groups is 1. The van der Waals surface area contributed by atoms with E-state index in [2.05, 4.69) is 9.46 Å². The zero-order valence-electron chi connectivity index (χ0n) is 14.6. The van der Waals surface area contributed by atoms with Gasteiger partial charge in [-0.05, 0) is 38.8 Å².